The Labute approximate surface area is 117 Å². The van der Waals surface area contributed by atoms with Gasteiger partial charge in [-0.2, -0.15) is 0 Å². The predicted molar refractivity (Wildman–Crippen MR) is 77.8 cm³/mol. The lowest BCUT2D eigenvalue weighted by molar-refractivity contribution is -0.130. The molecule has 3 nitrogen and oxygen atoms in total. The van der Waals surface area contributed by atoms with Crippen molar-refractivity contribution in [3.63, 3.8) is 0 Å². The van der Waals surface area contributed by atoms with Crippen LogP contribution in [0.2, 0.25) is 0 Å². The Morgan fingerprint density at radius 2 is 2.06 bits per heavy atom. The minimum atomic E-state index is -0.170. The number of anilines is 1. The second-order valence-electron chi connectivity index (χ2n) is 4.86. The van der Waals surface area contributed by atoms with Gasteiger partial charge in [0, 0.05) is 23.2 Å². The first-order valence-electron chi connectivity index (χ1n) is 6.39. The van der Waals surface area contributed by atoms with Gasteiger partial charge in [-0.25, -0.2) is 0 Å². The molecule has 4 heteroatoms. The summed E-state index contributed by atoms with van der Waals surface area (Å²) in [7, 11) is 0. The minimum Gasteiger partial charge on any atom is -0.374 e. The molecule has 1 saturated heterocycles. The molecule has 1 atom stereocenters. The summed E-state index contributed by atoms with van der Waals surface area (Å²) >= 11 is 3.45. The van der Waals surface area contributed by atoms with Crippen molar-refractivity contribution in [2.75, 3.05) is 18.4 Å². The van der Waals surface area contributed by atoms with E-state index in [1.54, 1.807) is 0 Å². The van der Waals surface area contributed by atoms with E-state index in [0.29, 0.717) is 0 Å². The van der Waals surface area contributed by atoms with Crippen LogP contribution in [0.5, 0.6) is 0 Å². The smallest absolute Gasteiger partial charge is 0.244 e. The van der Waals surface area contributed by atoms with Crippen molar-refractivity contribution in [1.29, 1.82) is 0 Å². The first-order valence-corrected chi connectivity index (χ1v) is 7.18. The zero-order valence-corrected chi connectivity index (χ0v) is 12.5. The van der Waals surface area contributed by atoms with Gasteiger partial charge in [0.2, 0.25) is 5.91 Å². The van der Waals surface area contributed by atoms with Gasteiger partial charge < -0.3 is 10.2 Å². The molecule has 1 unspecified atom stereocenters. The lowest BCUT2D eigenvalue weighted by atomic mass is 10.2. The molecule has 1 fully saturated rings. The van der Waals surface area contributed by atoms with Crippen LogP contribution in [0.25, 0.3) is 0 Å². The molecule has 0 spiro atoms. The third-order valence-corrected chi connectivity index (χ3v) is 3.85. The molecule has 2 rings (SSSR count). The Morgan fingerprint density at radius 1 is 1.39 bits per heavy atom. The van der Waals surface area contributed by atoms with Crippen LogP contribution in [0.1, 0.15) is 25.3 Å². The first-order chi connectivity index (χ1) is 8.58. The first kappa shape index (κ1) is 13.4. The standard InChI is InChI=1S/C14H19BrN2O/c1-10-5-6-12(15)9-13(10)16-11(2)14(18)17-7-3-4-8-17/h5-6,9,11,16H,3-4,7-8H2,1-2H3. The summed E-state index contributed by atoms with van der Waals surface area (Å²) in [5.74, 6) is 0.201. The van der Waals surface area contributed by atoms with E-state index in [1.165, 1.54) is 0 Å². The largest absolute Gasteiger partial charge is 0.374 e. The van der Waals surface area contributed by atoms with E-state index < -0.39 is 0 Å². The fourth-order valence-corrected chi connectivity index (χ4v) is 2.62. The van der Waals surface area contributed by atoms with Crippen LogP contribution in [0, 0.1) is 6.92 Å². The Morgan fingerprint density at radius 3 is 2.72 bits per heavy atom. The molecule has 1 aromatic carbocycles. The van der Waals surface area contributed by atoms with Gasteiger partial charge >= 0.3 is 0 Å². The second kappa shape index (κ2) is 5.74. The number of amides is 1. The second-order valence-corrected chi connectivity index (χ2v) is 5.77. The van der Waals surface area contributed by atoms with Crippen LogP contribution in [0.4, 0.5) is 5.69 Å². The summed E-state index contributed by atoms with van der Waals surface area (Å²) in [5, 5.41) is 3.31. The third-order valence-electron chi connectivity index (χ3n) is 3.36. The highest BCUT2D eigenvalue weighted by Crippen LogP contribution is 2.22. The van der Waals surface area contributed by atoms with Crippen LogP contribution < -0.4 is 5.32 Å². The number of hydrogen-bond acceptors (Lipinski definition) is 2. The topological polar surface area (TPSA) is 32.3 Å². The average Bonchev–Trinajstić information content (AvgIpc) is 2.86. The van der Waals surface area contributed by atoms with E-state index in [2.05, 4.69) is 21.2 Å². The molecule has 0 aromatic heterocycles. The molecule has 1 N–H and O–H groups in total. The Hall–Kier alpha value is -1.03. The number of benzene rings is 1. The van der Waals surface area contributed by atoms with Gasteiger partial charge in [-0.15, -0.1) is 0 Å². The van der Waals surface area contributed by atoms with E-state index >= 15 is 0 Å². The SMILES string of the molecule is Cc1ccc(Br)cc1NC(C)C(=O)N1CCCC1. The molecule has 1 aliphatic heterocycles. The maximum atomic E-state index is 12.2. The summed E-state index contributed by atoms with van der Waals surface area (Å²) in [5.41, 5.74) is 2.17. The quantitative estimate of drug-likeness (QED) is 0.930. The van der Waals surface area contributed by atoms with Crippen molar-refractivity contribution in [3.8, 4) is 0 Å². The summed E-state index contributed by atoms with van der Waals surface area (Å²) in [6.07, 6.45) is 2.27. The van der Waals surface area contributed by atoms with Gasteiger partial charge in [0.15, 0.2) is 0 Å². The summed E-state index contributed by atoms with van der Waals surface area (Å²) in [4.78, 5) is 14.1. The van der Waals surface area contributed by atoms with Crippen LogP contribution in [-0.2, 0) is 4.79 Å². The Kier molecular flexibility index (Phi) is 4.27. The molecule has 1 amide bonds. The van der Waals surface area contributed by atoms with Gasteiger partial charge in [0.1, 0.15) is 6.04 Å². The molecule has 18 heavy (non-hydrogen) atoms. The van der Waals surface area contributed by atoms with E-state index in [-0.39, 0.29) is 11.9 Å². The molecular weight excluding hydrogens is 292 g/mol. The lowest BCUT2D eigenvalue weighted by Gasteiger charge is -2.22. The predicted octanol–water partition coefficient (Wildman–Crippen LogP) is 3.18. The molecule has 0 bridgehead atoms. The third kappa shape index (κ3) is 3.05. The number of carbonyl (C=O) groups is 1. The van der Waals surface area contributed by atoms with Crippen molar-refractivity contribution in [2.45, 2.75) is 32.7 Å². The van der Waals surface area contributed by atoms with Crippen molar-refractivity contribution >= 4 is 27.5 Å². The number of nitrogens with zero attached hydrogens (tertiary/aromatic N) is 1. The number of hydrogen-bond donors (Lipinski definition) is 1. The number of likely N-dealkylation sites (tertiary alicyclic amines) is 1. The molecule has 1 aliphatic rings. The number of rotatable bonds is 3. The van der Waals surface area contributed by atoms with E-state index in [0.717, 1.165) is 41.7 Å². The molecule has 0 radical (unpaired) electrons. The highest BCUT2D eigenvalue weighted by molar-refractivity contribution is 9.10. The molecule has 98 valence electrons. The van der Waals surface area contributed by atoms with Crippen LogP contribution in [0.15, 0.2) is 22.7 Å². The monoisotopic (exact) mass is 310 g/mol. The van der Waals surface area contributed by atoms with Gasteiger partial charge in [-0.1, -0.05) is 22.0 Å². The minimum absolute atomic E-state index is 0.170. The fraction of sp³-hybridized carbons (Fsp3) is 0.500. The van der Waals surface area contributed by atoms with Crippen molar-refractivity contribution in [1.82, 2.24) is 4.90 Å². The maximum absolute atomic E-state index is 12.2. The maximum Gasteiger partial charge on any atom is 0.244 e. The molecule has 0 saturated carbocycles. The van der Waals surface area contributed by atoms with Crippen LogP contribution in [-0.4, -0.2) is 29.9 Å². The average molecular weight is 311 g/mol. The van der Waals surface area contributed by atoms with Crippen LogP contribution in [0.3, 0.4) is 0 Å². The van der Waals surface area contributed by atoms with Crippen molar-refractivity contribution in [3.05, 3.63) is 28.2 Å². The fourth-order valence-electron chi connectivity index (χ4n) is 2.26. The van der Waals surface area contributed by atoms with Gasteiger partial charge in [0.05, 0.1) is 0 Å². The molecular formula is C14H19BrN2O. The normalized spacial score (nSPS) is 16.7. The zero-order chi connectivity index (χ0) is 13.1. The number of nitrogens with one attached hydrogen (secondary N) is 1. The molecule has 1 aromatic rings. The highest BCUT2D eigenvalue weighted by Gasteiger charge is 2.23. The lowest BCUT2D eigenvalue weighted by Crippen LogP contribution is -2.39. The Bertz CT molecular complexity index is 441. The molecule has 0 aliphatic carbocycles. The Balaban J connectivity index is 2.03. The van der Waals surface area contributed by atoms with Gasteiger partial charge in [-0.3, -0.25) is 4.79 Å². The van der Waals surface area contributed by atoms with Crippen molar-refractivity contribution in [2.24, 2.45) is 0 Å². The van der Waals surface area contributed by atoms with E-state index in [9.17, 15) is 4.79 Å². The zero-order valence-electron chi connectivity index (χ0n) is 10.9. The van der Waals surface area contributed by atoms with Crippen molar-refractivity contribution < 1.29 is 4.79 Å². The summed E-state index contributed by atoms with van der Waals surface area (Å²) in [6.45, 7) is 5.79. The summed E-state index contributed by atoms with van der Waals surface area (Å²) < 4.78 is 1.02. The number of carbonyl (C=O) groups excluding carboxylic acids is 1. The number of aryl methyl sites for hydroxylation is 1. The molecule has 1 heterocycles. The number of halogens is 1. The van der Waals surface area contributed by atoms with E-state index in [4.69, 9.17) is 0 Å². The van der Waals surface area contributed by atoms with Crippen LogP contribution >= 0.6 is 15.9 Å². The van der Waals surface area contributed by atoms with Gasteiger partial charge in [-0.05, 0) is 44.4 Å². The summed E-state index contributed by atoms with van der Waals surface area (Å²) in [6, 6.07) is 5.90. The van der Waals surface area contributed by atoms with Gasteiger partial charge in [0.25, 0.3) is 0 Å². The highest BCUT2D eigenvalue weighted by atomic mass is 79.9. The van der Waals surface area contributed by atoms with E-state index in [1.807, 2.05) is 36.9 Å².